The molecule has 0 radical (unpaired) electrons. The lowest BCUT2D eigenvalue weighted by Crippen LogP contribution is -2.40. The van der Waals surface area contributed by atoms with Crippen LogP contribution in [0.25, 0.3) is 0 Å². The summed E-state index contributed by atoms with van der Waals surface area (Å²) in [6.07, 6.45) is 2.50. The molecule has 1 heterocycles. The van der Waals surface area contributed by atoms with E-state index < -0.39 is 0 Å². The molecule has 2 nitrogen and oxygen atoms in total. The summed E-state index contributed by atoms with van der Waals surface area (Å²) >= 11 is 5.98. The van der Waals surface area contributed by atoms with E-state index in [4.69, 9.17) is 11.6 Å². The van der Waals surface area contributed by atoms with Crippen molar-refractivity contribution in [3.05, 3.63) is 34.6 Å². The van der Waals surface area contributed by atoms with Crippen LogP contribution < -0.4 is 5.32 Å². The van der Waals surface area contributed by atoms with Crippen LogP contribution in [0, 0.1) is 11.7 Å². The maximum absolute atomic E-state index is 13.9. The van der Waals surface area contributed by atoms with E-state index in [0.717, 1.165) is 19.6 Å². The van der Waals surface area contributed by atoms with E-state index in [1.165, 1.54) is 18.9 Å². The van der Waals surface area contributed by atoms with Crippen LogP contribution in [0.3, 0.4) is 0 Å². The summed E-state index contributed by atoms with van der Waals surface area (Å²) in [4.78, 5) is 2.34. The third kappa shape index (κ3) is 4.44. The molecule has 0 saturated carbocycles. The Morgan fingerprint density at radius 1 is 1.45 bits per heavy atom. The molecule has 1 aromatic carbocycles. The zero-order valence-electron chi connectivity index (χ0n) is 12.3. The van der Waals surface area contributed by atoms with Crippen LogP contribution in [0.4, 0.5) is 4.39 Å². The molecular weight excluding hydrogens is 275 g/mol. The van der Waals surface area contributed by atoms with Crippen molar-refractivity contribution in [3.8, 4) is 0 Å². The van der Waals surface area contributed by atoms with Crippen LogP contribution in [-0.4, -0.2) is 30.6 Å². The second-order valence-electron chi connectivity index (χ2n) is 5.97. The molecular formula is C16H24ClFN2. The predicted molar refractivity (Wildman–Crippen MR) is 82.5 cm³/mol. The summed E-state index contributed by atoms with van der Waals surface area (Å²) in [7, 11) is 0. The van der Waals surface area contributed by atoms with Gasteiger partial charge >= 0.3 is 0 Å². The maximum atomic E-state index is 13.9. The van der Waals surface area contributed by atoms with Gasteiger partial charge in [-0.05, 0) is 63.9 Å². The molecule has 0 bridgehead atoms. The molecule has 2 rings (SSSR count). The summed E-state index contributed by atoms with van der Waals surface area (Å²) < 4.78 is 13.9. The number of nitrogens with zero attached hydrogens (tertiary/aromatic N) is 1. The Balaban J connectivity index is 2.02. The molecule has 1 fully saturated rings. The van der Waals surface area contributed by atoms with E-state index in [1.807, 2.05) is 0 Å². The number of hydrogen-bond acceptors (Lipinski definition) is 2. The van der Waals surface area contributed by atoms with Crippen molar-refractivity contribution in [3.63, 3.8) is 0 Å². The van der Waals surface area contributed by atoms with E-state index in [1.54, 1.807) is 12.1 Å². The lowest BCUT2D eigenvalue weighted by atomic mass is 9.98. The summed E-state index contributed by atoms with van der Waals surface area (Å²) in [6.45, 7) is 8.16. The summed E-state index contributed by atoms with van der Waals surface area (Å²) in [5, 5.41) is 4.04. The zero-order chi connectivity index (χ0) is 14.5. The van der Waals surface area contributed by atoms with Gasteiger partial charge in [0.05, 0.1) is 0 Å². The van der Waals surface area contributed by atoms with Crippen molar-refractivity contribution in [2.24, 2.45) is 5.92 Å². The first-order valence-corrected chi connectivity index (χ1v) is 7.82. The Morgan fingerprint density at radius 2 is 2.25 bits per heavy atom. The van der Waals surface area contributed by atoms with Crippen molar-refractivity contribution in [1.82, 2.24) is 10.2 Å². The van der Waals surface area contributed by atoms with E-state index in [2.05, 4.69) is 24.1 Å². The molecule has 112 valence electrons. The highest BCUT2D eigenvalue weighted by atomic mass is 35.5. The Bertz CT molecular complexity index is 430. The average Bonchev–Trinajstić information content (AvgIpc) is 2.43. The Morgan fingerprint density at radius 3 is 2.90 bits per heavy atom. The van der Waals surface area contributed by atoms with Gasteiger partial charge in [0.2, 0.25) is 0 Å². The van der Waals surface area contributed by atoms with E-state index in [9.17, 15) is 4.39 Å². The molecule has 0 amide bonds. The average molecular weight is 299 g/mol. The minimum absolute atomic E-state index is 0.165. The van der Waals surface area contributed by atoms with Gasteiger partial charge in [0.15, 0.2) is 0 Å². The molecule has 1 saturated heterocycles. The molecule has 1 N–H and O–H groups in total. The van der Waals surface area contributed by atoms with Crippen molar-refractivity contribution >= 4 is 11.6 Å². The SMILES string of the molecule is CC(C)N(Cc1cc(Cl)ccc1F)CC1CCCNC1. The van der Waals surface area contributed by atoms with Gasteiger partial charge in [0, 0.05) is 29.7 Å². The highest BCUT2D eigenvalue weighted by molar-refractivity contribution is 6.30. The van der Waals surface area contributed by atoms with E-state index in [-0.39, 0.29) is 5.82 Å². The first kappa shape index (κ1) is 15.7. The third-order valence-electron chi connectivity index (χ3n) is 4.00. The van der Waals surface area contributed by atoms with Crippen LogP contribution in [0.15, 0.2) is 18.2 Å². The van der Waals surface area contributed by atoms with Gasteiger partial charge in [0.1, 0.15) is 5.82 Å². The second-order valence-corrected chi connectivity index (χ2v) is 6.41. The summed E-state index contributed by atoms with van der Waals surface area (Å²) in [5.41, 5.74) is 0.690. The van der Waals surface area contributed by atoms with Crippen molar-refractivity contribution in [2.75, 3.05) is 19.6 Å². The summed E-state index contributed by atoms with van der Waals surface area (Å²) in [5.74, 6) is 0.496. The van der Waals surface area contributed by atoms with Crippen LogP contribution in [0.2, 0.25) is 5.02 Å². The number of hydrogen-bond donors (Lipinski definition) is 1. The molecule has 4 heteroatoms. The van der Waals surface area contributed by atoms with Gasteiger partial charge in [-0.25, -0.2) is 4.39 Å². The first-order chi connectivity index (χ1) is 9.56. The molecule has 1 aliphatic heterocycles. The highest BCUT2D eigenvalue weighted by Gasteiger charge is 2.20. The fraction of sp³-hybridized carbons (Fsp3) is 0.625. The minimum atomic E-state index is -0.165. The maximum Gasteiger partial charge on any atom is 0.127 e. The number of rotatable bonds is 5. The van der Waals surface area contributed by atoms with Gasteiger partial charge in [-0.15, -0.1) is 0 Å². The van der Waals surface area contributed by atoms with Crippen LogP contribution in [-0.2, 0) is 6.54 Å². The number of nitrogens with one attached hydrogen (secondary N) is 1. The first-order valence-electron chi connectivity index (χ1n) is 7.45. The van der Waals surface area contributed by atoms with Gasteiger partial charge in [-0.2, -0.15) is 0 Å². The normalized spacial score (nSPS) is 19.8. The minimum Gasteiger partial charge on any atom is -0.316 e. The fourth-order valence-electron chi connectivity index (χ4n) is 2.75. The van der Waals surface area contributed by atoms with Gasteiger partial charge < -0.3 is 5.32 Å². The smallest absolute Gasteiger partial charge is 0.127 e. The number of piperidine rings is 1. The van der Waals surface area contributed by atoms with Crippen LogP contribution in [0.5, 0.6) is 0 Å². The lowest BCUT2D eigenvalue weighted by Gasteiger charge is -2.33. The molecule has 1 aromatic rings. The topological polar surface area (TPSA) is 15.3 Å². The van der Waals surface area contributed by atoms with Crippen molar-refractivity contribution in [1.29, 1.82) is 0 Å². The molecule has 1 atom stereocenters. The molecule has 1 aliphatic rings. The van der Waals surface area contributed by atoms with Gasteiger partial charge in [-0.3, -0.25) is 4.90 Å². The zero-order valence-corrected chi connectivity index (χ0v) is 13.1. The fourth-order valence-corrected chi connectivity index (χ4v) is 2.95. The largest absolute Gasteiger partial charge is 0.316 e. The van der Waals surface area contributed by atoms with Crippen molar-refractivity contribution in [2.45, 2.75) is 39.3 Å². The Hall–Kier alpha value is -0.640. The van der Waals surface area contributed by atoms with Gasteiger partial charge in [0.25, 0.3) is 0 Å². The number of halogens is 2. The van der Waals surface area contributed by atoms with E-state index >= 15 is 0 Å². The predicted octanol–water partition coefficient (Wildman–Crippen LogP) is 3.69. The standard InChI is InChI=1S/C16H24ClFN2/c1-12(2)20(10-13-4-3-7-19-9-13)11-14-8-15(17)5-6-16(14)18/h5-6,8,12-13,19H,3-4,7,9-11H2,1-2H3. The number of benzene rings is 1. The highest BCUT2D eigenvalue weighted by Crippen LogP contribution is 2.20. The van der Waals surface area contributed by atoms with E-state index in [0.29, 0.717) is 29.1 Å². The molecule has 0 aromatic heterocycles. The molecule has 1 unspecified atom stereocenters. The monoisotopic (exact) mass is 298 g/mol. The molecule has 0 aliphatic carbocycles. The third-order valence-corrected chi connectivity index (χ3v) is 4.24. The van der Waals surface area contributed by atoms with Crippen LogP contribution in [0.1, 0.15) is 32.3 Å². The van der Waals surface area contributed by atoms with Gasteiger partial charge in [-0.1, -0.05) is 11.6 Å². The van der Waals surface area contributed by atoms with Crippen LogP contribution >= 0.6 is 11.6 Å². The molecule has 0 spiro atoms. The lowest BCUT2D eigenvalue weighted by molar-refractivity contribution is 0.162. The Kier molecular flexibility index (Phi) is 5.82. The second kappa shape index (κ2) is 7.39. The van der Waals surface area contributed by atoms with Crippen molar-refractivity contribution < 1.29 is 4.39 Å². The molecule has 20 heavy (non-hydrogen) atoms. The Labute approximate surface area is 126 Å². The summed E-state index contributed by atoms with van der Waals surface area (Å²) in [6, 6.07) is 5.20. The quantitative estimate of drug-likeness (QED) is 0.892.